The quantitative estimate of drug-likeness (QED) is 0.698. The fourth-order valence-electron chi connectivity index (χ4n) is 3.02. The lowest BCUT2D eigenvalue weighted by molar-refractivity contribution is -0.130. The first-order valence-corrected chi connectivity index (χ1v) is 6.91. The second-order valence-corrected chi connectivity index (χ2v) is 5.35. The van der Waals surface area contributed by atoms with Crippen LogP contribution in [0.3, 0.4) is 0 Å². The molecule has 104 valence electrons. The molecule has 1 N–H and O–H groups in total. The summed E-state index contributed by atoms with van der Waals surface area (Å²) in [6.07, 6.45) is 3.66. The number of nitrogens with one attached hydrogen (secondary N) is 1. The Kier molecular flexibility index (Phi) is 4.97. The summed E-state index contributed by atoms with van der Waals surface area (Å²) >= 11 is 0. The molecule has 0 aromatic carbocycles. The molecular weight excluding hydrogens is 230 g/mol. The van der Waals surface area contributed by atoms with Gasteiger partial charge in [-0.05, 0) is 26.3 Å². The molecule has 2 bridgehead atoms. The highest BCUT2D eigenvalue weighted by molar-refractivity contribution is 5.78. The van der Waals surface area contributed by atoms with Crippen LogP contribution in [0.1, 0.15) is 19.3 Å². The molecule has 5 nitrogen and oxygen atoms in total. The third-order valence-corrected chi connectivity index (χ3v) is 4.26. The molecule has 0 radical (unpaired) electrons. The molecule has 2 heterocycles. The Bertz CT molecular complexity index is 285. The molecule has 2 aliphatic heterocycles. The number of carbonyl (C=O) groups is 1. The Balaban J connectivity index is 1.77. The maximum atomic E-state index is 12.1. The molecule has 0 aromatic heterocycles. The van der Waals surface area contributed by atoms with Crippen molar-refractivity contribution in [1.29, 1.82) is 0 Å². The van der Waals surface area contributed by atoms with Crippen molar-refractivity contribution in [3.05, 3.63) is 0 Å². The standard InChI is InChI=1S/C13H25N3O2/c1-15-11-3-4-12(15)10-16(7-5-11)13(17)9-14-6-8-18-2/h11-12,14H,3-10H2,1-2H3. The van der Waals surface area contributed by atoms with E-state index in [2.05, 4.69) is 17.3 Å². The van der Waals surface area contributed by atoms with Crippen molar-refractivity contribution >= 4 is 5.91 Å². The number of fused-ring (bicyclic) bond motifs is 2. The number of rotatable bonds is 5. The van der Waals surface area contributed by atoms with Gasteiger partial charge in [0, 0.05) is 38.8 Å². The van der Waals surface area contributed by atoms with E-state index in [1.54, 1.807) is 7.11 Å². The third-order valence-electron chi connectivity index (χ3n) is 4.26. The summed E-state index contributed by atoms with van der Waals surface area (Å²) in [5.41, 5.74) is 0. The Morgan fingerprint density at radius 2 is 2.11 bits per heavy atom. The van der Waals surface area contributed by atoms with E-state index in [-0.39, 0.29) is 5.91 Å². The zero-order chi connectivity index (χ0) is 13.0. The van der Waals surface area contributed by atoms with E-state index in [0.717, 1.165) is 26.1 Å². The normalized spacial score (nSPS) is 28.4. The largest absolute Gasteiger partial charge is 0.383 e. The average molecular weight is 255 g/mol. The van der Waals surface area contributed by atoms with Crippen LogP contribution in [0.15, 0.2) is 0 Å². The van der Waals surface area contributed by atoms with Gasteiger partial charge in [0.2, 0.25) is 5.91 Å². The molecule has 0 saturated carbocycles. The van der Waals surface area contributed by atoms with E-state index in [1.165, 1.54) is 12.8 Å². The number of amides is 1. The molecule has 0 aliphatic carbocycles. The number of methoxy groups -OCH3 is 1. The summed E-state index contributed by atoms with van der Waals surface area (Å²) in [6.45, 7) is 3.64. The first kappa shape index (κ1) is 13.8. The lowest BCUT2D eigenvalue weighted by Crippen LogP contribution is -2.43. The molecule has 0 spiro atoms. The molecule has 2 unspecified atom stereocenters. The van der Waals surface area contributed by atoms with E-state index in [4.69, 9.17) is 4.74 Å². The van der Waals surface area contributed by atoms with Crippen molar-refractivity contribution in [2.24, 2.45) is 0 Å². The van der Waals surface area contributed by atoms with Crippen molar-refractivity contribution in [3.63, 3.8) is 0 Å². The maximum Gasteiger partial charge on any atom is 0.236 e. The highest BCUT2D eigenvalue weighted by Crippen LogP contribution is 2.28. The van der Waals surface area contributed by atoms with Gasteiger partial charge in [-0.3, -0.25) is 9.69 Å². The molecule has 2 atom stereocenters. The van der Waals surface area contributed by atoms with Gasteiger partial charge >= 0.3 is 0 Å². The number of carbonyl (C=O) groups excluding carboxylic acids is 1. The zero-order valence-electron chi connectivity index (χ0n) is 11.5. The van der Waals surface area contributed by atoms with Crippen LogP contribution in [0.25, 0.3) is 0 Å². The first-order chi connectivity index (χ1) is 8.72. The fourth-order valence-corrected chi connectivity index (χ4v) is 3.02. The number of hydrogen-bond acceptors (Lipinski definition) is 4. The smallest absolute Gasteiger partial charge is 0.236 e. The maximum absolute atomic E-state index is 12.1. The summed E-state index contributed by atoms with van der Waals surface area (Å²) < 4.78 is 4.95. The summed E-state index contributed by atoms with van der Waals surface area (Å²) in [5, 5.41) is 3.13. The second kappa shape index (κ2) is 6.50. The lowest BCUT2D eigenvalue weighted by atomic mass is 10.1. The van der Waals surface area contributed by atoms with E-state index >= 15 is 0 Å². The molecule has 2 aliphatic rings. The average Bonchev–Trinajstić information content (AvgIpc) is 2.59. The molecular formula is C13H25N3O2. The Morgan fingerprint density at radius 3 is 2.89 bits per heavy atom. The van der Waals surface area contributed by atoms with Crippen LogP contribution in [0.4, 0.5) is 0 Å². The van der Waals surface area contributed by atoms with Crippen molar-refractivity contribution in [2.75, 3.05) is 46.9 Å². The Labute approximate surface area is 109 Å². The van der Waals surface area contributed by atoms with Gasteiger partial charge in [-0.2, -0.15) is 0 Å². The van der Waals surface area contributed by atoms with Crippen molar-refractivity contribution < 1.29 is 9.53 Å². The predicted molar refractivity (Wildman–Crippen MR) is 70.5 cm³/mol. The van der Waals surface area contributed by atoms with Gasteiger partial charge in [-0.15, -0.1) is 0 Å². The van der Waals surface area contributed by atoms with E-state index < -0.39 is 0 Å². The van der Waals surface area contributed by atoms with Crippen LogP contribution in [-0.2, 0) is 9.53 Å². The van der Waals surface area contributed by atoms with Gasteiger partial charge in [0.15, 0.2) is 0 Å². The van der Waals surface area contributed by atoms with Gasteiger partial charge in [0.1, 0.15) is 0 Å². The van der Waals surface area contributed by atoms with Crippen LogP contribution in [-0.4, -0.2) is 74.7 Å². The molecule has 2 saturated heterocycles. The third kappa shape index (κ3) is 3.22. The minimum atomic E-state index is 0.229. The predicted octanol–water partition coefficient (Wildman–Crippen LogP) is -0.0825. The van der Waals surface area contributed by atoms with Gasteiger partial charge < -0.3 is 15.0 Å². The summed E-state index contributed by atoms with van der Waals surface area (Å²) in [6, 6.07) is 1.26. The number of likely N-dealkylation sites (N-methyl/N-ethyl adjacent to an activating group) is 1. The number of likely N-dealkylation sites (tertiary alicyclic amines) is 1. The molecule has 18 heavy (non-hydrogen) atoms. The summed E-state index contributed by atoms with van der Waals surface area (Å²) in [4.78, 5) is 16.6. The number of nitrogens with zero attached hydrogens (tertiary/aromatic N) is 2. The Hall–Kier alpha value is -0.650. The highest BCUT2D eigenvalue weighted by Gasteiger charge is 2.35. The van der Waals surface area contributed by atoms with Gasteiger partial charge in [0.05, 0.1) is 13.2 Å². The van der Waals surface area contributed by atoms with Gasteiger partial charge in [-0.25, -0.2) is 0 Å². The number of hydrogen-bond donors (Lipinski definition) is 1. The second-order valence-electron chi connectivity index (χ2n) is 5.35. The first-order valence-electron chi connectivity index (χ1n) is 6.91. The molecule has 5 heteroatoms. The number of ether oxygens (including phenoxy) is 1. The van der Waals surface area contributed by atoms with Crippen molar-refractivity contribution in [2.45, 2.75) is 31.3 Å². The van der Waals surface area contributed by atoms with Crippen LogP contribution in [0.2, 0.25) is 0 Å². The zero-order valence-corrected chi connectivity index (χ0v) is 11.5. The Morgan fingerprint density at radius 1 is 1.33 bits per heavy atom. The fraction of sp³-hybridized carbons (Fsp3) is 0.923. The van der Waals surface area contributed by atoms with Gasteiger partial charge in [0.25, 0.3) is 0 Å². The van der Waals surface area contributed by atoms with Crippen LogP contribution < -0.4 is 5.32 Å². The topological polar surface area (TPSA) is 44.8 Å². The van der Waals surface area contributed by atoms with E-state index in [9.17, 15) is 4.79 Å². The summed E-state index contributed by atoms with van der Waals surface area (Å²) in [7, 11) is 3.87. The molecule has 2 fully saturated rings. The lowest BCUT2D eigenvalue weighted by Gasteiger charge is -2.26. The van der Waals surface area contributed by atoms with Crippen molar-refractivity contribution in [3.8, 4) is 0 Å². The monoisotopic (exact) mass is 255 g/mol. The molecule has 0 aromatic rings. The van der Waals surface area contributed by atoms with Crippen molar-refractivity contribution in [1.82, 2.24) is 15.1 Å². The SMILES string of the molecule is COCCNCC(=O)N1CCC2CCC(C1)N2C. The van der Waals surface area contributed by atoms with Crippen LogP contribution in [0.5, 0.6) is 0 Å². The molecule has 1 amide bonds. The molecule has 2 rings (SSSR count). The van der Waals surface area contributed by atoms with Crippen LogP contribution in [0, 0.1) is 0 Å². The van der Waals surface area contributed by atoms with Gasteiger partial charge in [-0.1, -0.05) is 0 Å². The van der Waals surface area contributed by atoms with E-state index in [1.807, 2.05) is 4.90 Å². The minimum absolute atomic E-state index is 0.229. The van der Waals surface area contributed by atoms with Crippen LogP contribution >= 0.6 is 0 Å². The highest BCUT2D eigenvalue weighted by atomic mass is 16.5. The van der Waals surface area contributed by atoms with E-state index in [0.29, 0.717) is 25.2 Å². The minimum Gasteiger partial charge on any atom is -0.383 e. The summed E-state index contributed by atoms with van der Waals surface area (Å²) in [5.74, 6) is 0.229.